The molecule has 2 unspecified atom stereocenters. The van der Waals surface area contributed by atoms with Crippen molar-refractivity contribution in [3.05, 3.63) is 0 Å². The lowest BCUT2D eigenvalue weighted by Gasteiger charge is -2.46. The first-order valence-corrected chi connectivity index (χ1v) is 5.64. The molecule has 0 radical (unpaired) electrons. The Labute approximate surface area is 81.1 Å². The van der Waals surface area contributed by atoms with Crippen molar-refractivity contribution < 1.29 is 0 Å². The van der Waals surface area contributed by atoms with Crippen molar-refractivity contribution in [2.75, 3.05) is 0 Å². The summed E-state index contributed by atoms with van der Waals surface area (Å²) in [5.41, 5.74) is 0.603. The first-order valence-electron chi connectivity index (χ1n) is 5.64. The summed E-state index contributed by atoms with van der Waals surface area (Å²) in [6.07, 6.45) is 9.26. The van der Waals surface area contributed by atoms with Crippen LogP contribution in [0.25, 0.3) is 0 Å². The predicted octanol–water partition coefficient (Wildman–Crippen LogP) is 3.51. The Morgan fingerprint density at radius 3 is 2.85 bits per heavy atom. The fourth-order valence-electron chi connectivity index (χ4n) is 3.29. The second-order valence-corrected chi connectivity index (χ2v) is 5.20. The highest BCUT2D eigenvalue weighted by atomic mass is 14.5. The smallest absolute Gasteiger partial charge is 0.0655 e. The van der Waals surface area contributed by atoms with E-state index >= 15 is 0 Å². The Balaban J connectivity index is 2.06. The van der Waals surface area contributed by atoms with Gasteiger partial charge in [-0.25, -0.2) is 0 Å². The molecule has 0 aliphatic heterocycles. The average Bonchev–Trinajstić information content (AvgIpc) is 2.16. The predicted molar refractivity (Wildman–Crippen MR) is 53.0 cm³/mol. The van der Waals surface area contributed by atoms with Crippen LogP contribution in [0.4, 0.5) is 0 Å². The number of hydrogen-bond donors (Lipinski definition) is 0. The van der Waals surface area contributed by atoms with Gasteiger partial charge in [0, 0.05) is 5.92 Å². The molecule has 0 bridgehead atoms. The van der Waals surface area contributed by atoms with Crippen LogP contribution >= 0.6 is 0 Å². The van der Waals surface area contributed by atoms with Crippen LogP contribution in [0.3, 0.4) is 0 Å². The van der Waals surface area contributed by atoms with Gasteiger partial charge in [-0.2, -0.15) is 5.26 Å². The molecule has 1 heteroatoms. The molecule has 72 valence electrons. The molecule has 0 heterocycles. The van der Waals surface area contributed by atoms with Crippen molar-refractivity contribution in [1.29, 1.82) is 5.26 Å². The van der Waals surface area contributed by atoms with Crippen LogP contribution in [0, 0.1) is 28.6 Å². The van der Waals surface area contributed by atoms with Crippen molar-refractivity contribution in [2.45, 2.75) is 51.9 Å². The molecule has 2 aliphatic rings. The first-order chi connectivity index (χ1) is 6.24. The van der Waals surface area contributed by atoms with Gasteiger partial charge < -0.3 is 0 Å². The van der Waals surface area contributed by atoms with Crippen molar-refractivity contribution in [3.8, 4) is 6.07 Å². The van der Waals surface area contributed by atoms with Crippen molar-refractivity contribution >= 4 is 0 Å². The summed E-state index contributed by atoms with van der Waals surface area (Å²) < 4.78 is 0. The van der Waals surface area contributed by atoms with Crippen LogP contribution in [0.15, 0.2) is 0 Å². The average molecular weight is 177 g/mol. The third-order valence-electron chi connectivity index (χ3n) is 4.35. The van der Waals surface area contributed by atoms with E-state index in [0.29, 0.717) is 11.3 Å². The number of nitrogens with zero attached hydrogens (tertiary/aromatic N) is 1. The maximum Gasteiger partial charge on any atom is 0.0655 e. The zero-order chi connectivity index (χ0) is 9.31. The summed E-state index contributed by atoms with van der Waals surface area (Å²) in [5, 5.41) is 8.92. The van der Waals surface area contributed by atoms with Crippen molar-refractivity contribution in [2.24, 2.45) is 17.3 Å². The Hall–Kier alpha value is -0.510. The van der Waals surface area contributed by atoms with Crippen LogP contribution in [-0.2, 0) is 0 Å². The zero-order valence-electron chi connectivity index (χ0n) is 8.55. The van der Waals surface area contributed by atoms with Gasteiger partial charge in [-0.3, -0.25) is 0 Å². The van der Waals surface area contributed by atoms with Gasteiger partial charge in [0.15, 0.2) is 0 Å². The maximum atomic E-state index is 8.92. The molecule has 2 fully saturated rings. The SMILES string of the molecule is CC12CCCCC1C[C@@H](C#N)CC2. The Kier molecular flexibility index (Phi) is 2.32. The highest BCUT2D eigenvalue weighted by Crippen LogP contribution is 2.51. The second kappa shape index (κ2) is 3.33. The van der Waals surface area contributed by atoms with E-state index in [-0.39, 0.29) is 0 Å². The summed E-state index contributed by atoms with van der Waals surface area (Å²) in [6.45, 7) is 2.45. The Bertz CT molecular complexity index is 228. The molecule has 2 saturated carbocycles. The molecule has 2 aliphatic carbocycles. The molecule has 0 aromatic heterocycles. The monoisotopic (exact) mass is 177 g/mol. The Morgan fingerprint density at radius 1 is 1.23 bits per heavy atom. The molecule has 0 aromatic rings. The highest BCUT2D eigenvalue weighted by molar-refractivity contribution is 4.97. The van der Waals surface area contributed by atoms with Gasteiger partial charge in [0.25, 0.3) is 0 Å². The number of rotatable bonds is 0. The summed E-state index contributed by atoms with van der Waals surface area (Å²) in [6, 6.07) is 2.45. The first kappa shape index (κ1) is 9.06. The van der Waals surface area contributed by atoms with E-state index in [4.69, 9.17) is 5.26 Å². The summed E-state index contributed by atoms with van der Waals surface area (Å²) >= 11 is 0. The highest BCUT2D eigenvalue weighted by Gasteiger charge is 2.40. The van der Waals surface area contributed by atoms with Crippen LogP contribution in [0.2, 0.25) is 0 Å². The van der Waals surface area contributed by atoms with E-state index in [1.54, 1.807) is 0 Å². The van der Waals surface area contributed by atoms with Crippen molar-refractivity contribution in [1.82, 2.24) is 0 Å². The van der Waals surface area contributed by atoms with E-state index < -0.39 is 0 Å². The third-order valence-corrected chi connectivity index (χ3v) is 4.35. The summed E-state index contributed by atoms with van der Waals surface area (Å²) in [4.78, 5) is 0. The molecule has 0 aromatic carbocycles. The maximum absolute atomic E-state index is 8.92. The lowest BCUT2D eigenvalue weighted by atomic mass is 9.58. The molecule has 0 spiro atoms. The molecular weight excluding hydrogens is 158 g/mol. The van der Waals surface area contributed by atoms with Gasteiger partial charge >= 0.3 is 0 Å². The lowest BCUT2D eigenvalue weighted by Crippen LogP contribution is -2.36. The van der Waals surface area contributed by atoms with Gasteiger partial charge in [0.05, 0.1) is 6.07 Å². The molecule has 13 heavy (non-hydrogen) atoms. The molecule has 0 saturated heterocycles. The van der Waals surface area contributed by atoms with E-state index in [1.165, 1.54) is 38.5 Å². The topological polar surface area (TPSA) is 23.8 Å². The van der Waals surface area contributed by atoms with Gasteiger partial charge in [-0.1, -0.05) is 19.8 Å². The minimum absolute atomic E-state index is 0.371. The van der Waals surface area contributed by atoms with Gasteiger partial charge in [0.2, 0.25) is 0 Å². The molecule has 0 N–H and O–H groups in total. The Morgan fingerprint density at radius 2 is 2.08 bits per heavy atom. The zero-order valence-corrected chi connectivity index (χ0v) is 8.55. The molecule has 1 nitrogen and oxygen atoms in total. The fraction of sp³-hybridized carbons (Fsp3) is 0.917. The number of hydrogen-bond acceptors (Lipinski definition) is 1. The van der Waals surface area contributed by atoms with E-state index in [2.05, 4.69) is 13.0 Å². The summed E-state index contributed by atoms with van der Waals surface area (Å²) in [5.74, 6) is 1.23. The molecule has 2 rings (SSSR count). The largest absolute Gasteiger partial charge is 0.198 e. The minimum Gasteiger partial charge on any atom is -0.198 e. The minimum atomic E-state index is 0.371. The second-order valence-electron chi connectivity index (χ2n) is 5.20. The normalized spacial score (nSPS) is 44.9. The van der Waals surface area contributed by atoms with E-state index in [1.807, 2.05) is 0 Å². The third kappa shape index (κ3) is 1.59. The lowest BCUT2D eigenvalue weighted by molar-refractivity contribution is 0.0495. The van der Waals surface area contributed by atoms with Crippen LogP contribution in [-0.4, -0.2) is 0 Å². The quantitative estimate of drug-likeness (QED) is 0.555. The number of nitriles is 1. The summed E-state index contributed by atoms with van der Waals surface area (Å²) in [7, 11) is 0. The van der Waals surface area contributed by atoms with Crippen molar-refractivity contribution in [3.63, 3.8) is 0 Å². The van der Waals surface area contributed by atoms with Crippen LogP contribution in [0.1, 0.15) is 51.9 Å². The van der Waals surface area contributed by atoms with E-state index in [9.17, 15) is 0 Å². The molecule has 3 atom stereocenters. The van der Waals surface area contributed by atoms with Crippen LogP contribution < -0.4 is 0 Å². The van der Waals surface area contributed by atoms with Gasteiger partial charge in [0.1, 0.15) is 0 Å². The number of fused-ring (bicyclic) bond motifs is 1. The molecular formula is C12H19N. The van der Waals surface area contributed by atoms with Gasteiger partial charge in [-0.15, -0.1) is 0 Å². The standard InChI is InChI=1S/C12H19N/c1-12-6-3-2-4-11(12)8-10(9-13)5-7-12/h10-11H,2-8H2,1H3/t10-,11?,12?/m0/s1. The fourth-order valence-corrected chi connectivity index (χ4v) is 3.29. The van der Waals surface area contributed by atoms with Crippen LogP contribution in [0.5, 0.6) is 0 Å². The molecule has 0 amide bonds. The van der Waals surface area contributed by atoms with Gasteiger partial charge in [-0.05, 0) is 43.4 Å². The van der Waals surface area contributed by atoms with E-state index in [0.717, 1.165) is 12.3 Å².